The molecule has 6 heteroatoms. The summed E-state index contributed by atoms with van der Waals surface area (Å²) in [6.45, 7) is 13.1. The molecular formula is C26H42N4O2. The summed E-state index contributed by atoms with van der Waals surface area (Å²) in [4.78, 5) is 32.1. The Hall–Kier alpha value is -1.76. The number of benzene rings is 1. The molecule has 3 rings (SSSR count). The van der Waals surface area contributed by atoms with Crippen molar-refractivity contribution in [1.29, 1.82) is 0 Å². The molecule has 2 fully saturated rings. The van der Waals surface area contributed by atoms with Crippen LogP contribution < -0.4 is 5.32 Å². The second-order valence-corrected chi connectivity index (χ2v) is 9.28. The van der Waals surface area contributed by atoms with Gasteiger partial charge in [-0.1, -0.05) is 30.7 Å². The van der Waals surface area contributed by atoms with Crippen molar-refractivity contribution in [3.63, 3.8) is 0 Å². The molecule has 2 aliphatic heterocycles. The highest BCUT2D eigenvalue weighted by Gasteiger charge is 2.28. The molecule has 0 radical (unpaired) electrons. The number of likely N-dealkylation sites (tertiary alicyclic amines) is 2. The third-order valence-corrected chi connectivity index (χ3v) is 6.95. The predicted octanol–water partition coefficient (Wildman–Crippen LogP) is 3.03. The van der Waals surface area contributed by atoms with Gasteiger partial charge in [0.2, 0.25) is 5.91 Å². The Kier molecular flexibility index (Phi) is 10.2. The van der Waals surface area contributed by atoms with Crippen molar-refractivity contribution in [2.24, 2.45) is 5.92 Å². The number of carbonyl (C=O) groups is 2. The minimum absolute atomic E-state index is 0.112. The van der Waals surface area contributed by atoms with E-state index in [-0.39, 0.29) is 11.7 Å². The summed E-state index contributed by atoms with van der Waals surface area (Å²) in [5.41, 5.74) is 1.98. The van der Waals surface area contributed by atoms with Crippen LogP contribution in [0.1, 0.15) is 61.9 Å². The minimum atomic E-state index is 0.112. The molecule has 0 bridgehead atoms. The Labute approximate surface area is 194 Å². The van der Waals surface area contributed by atoms with Gasteiger partial charge in [-0.2, -0.15) is 0 Å². The number of amides is 1. The van der Waals surface area contributed by atoms with Gasteiger partial charge in [-0.05, 0) is 64.7 Å². The van der Waals surface area contributed by atoms with E-state index in [1.165, 1.54) is 37.9 Å². The van der Waals surface area contributed by atoms with Crippen LogP contribution in [0.2, 0.25) is 0 Å². The lowest BCUT2D eigenvalue weighted by Crippen LogP contribution is -2.44. The molecule has 6 nitrogen and oxygen atoms in total. The van der Waals surface area contributed by atoms with Crippen LogP contribution in [0, 0.1) is 5.92 Å². The lowest BCUT2D eigenvalue weighted by atomic mass is 9.96. The third-order valence-electron chi connectivity index (χ3n) is 6.95. The zero-order valence-corrected chi connectivity index (χ0v) is 20.2. The monoisotopic (exact) mass is 442 g/mol. The van der Waals surface area contributed by atoms with Crippen molar-refractivity contribution < 1.29 is 9.59 Å². The molecule has 0 saturated carbocycles. The number of piperidine rings is 2. The molecule has 32 heavy (non-hydrogen) atoms. The highest BCUT2D eigenvalue weighted by molar-refractivity contribution is 5.97. The lowest BCUT2D eigenvalue weighted by Gasteiger charge is -2.34. The van der Waals surface area contributed by atoms with Crippen LogP contribution in [-0.4, -0.2) is 85.3 Å². The van der Waals surface area contributed by atoms with Crippen LogP contribution in [0.25, 0.3) is 0 Å². The van der Waals surface area contributed by atoms with Gasteiger partial charge < -0.3 is 15.1 Å². The summed E-state index contributed by atoms with van der Waals surface area (Å²) >= 11 is 0. The van der Waals surface area contributed by atoms with Gasteiger partial charge in [0.15, 0.2) is 5.78 Å². The standard InChI is InChI=1S/C26H42N4O2/c1-3-30(4-2)26(32)24-9-8-17-29(21-24)20-22-10-12-23(13-11-22)25(31)19-27-14-18-28-15-6-5-7-16-28/h10-13,24,27H,3-9,14-21H2,1-2H3. The van der Waals surface area contributed by atoms with Crippen LogP contribution in [-0.2, 0) is 11.3 Å². The van der Waals surface area contributed by atoms with E-state index in [4.69, 9.17) is 0 Å². The molecule has 1 atom stereocenters. The van der Waals surface area contributed by atoms with Gasteiger partial charge in [-0.3, -0.25) is 14.5 Å². The first kappa shape index (κ1) is 24.9. The molecule has 1 unspecified atom stereocenters. The number of ketones is 1. The fourth-order valence-electron chi connectivity index (χ4n) is 4.97. The molecule has 1 aromatic rings. The van der Waals surface area contributed by atoms with E-state index in [9.17, 15) is 9.59 Å². The number of carbonyl (C=O) groups excluding carboxylic acids is 2. The number of hydrogen-bond acceptors (Lipinski definition) is 5. The Morgan fingerprint density at radius 2 is 1.66 bits per heavy atom. The Morgan fingerprint density at radius 1 is 0.969 bits per heavy atom. The summed E-state index contributed by atoms with van der Waals surface area (Å²) in [7, 11) is 0. The second kappa shape index (κ2) is 13.1. The maximum absolute atomic E-state index is 12.7. The Bertz CT molecular complexity index is 711. The molecule has 0 aliphatic carbocycles. The van der Waals surface area contributed by atoms with E-state index in [1.807, 2.05) is 17.0 Å². The van der Waals surface area contributed by atoms with Crippen molar-refractivity contribution in [3.8, 4) is 0 Å². The van der Waals surface area contributed by atoms with E-state index >= 15 is 0 Å². The molecule has 2 heterocycles. The van der Waals surface area contributed by atoms with Gasteiger partial charge in [0.25, 0.3) is 0 Å². The van der Waals surface area contributed by atoms with E-state index in [0.29, 0.717) is 12.5 Å². The van der Waals surface area contributed by atoms with Crippen molar-refractivity contribution in [3.05, 3.63) is 35.4 Å². The fourth-order valence-corrected chi connectivity index (χ4v) is 4.97. The molecule has 0 spiro atoms. The van der Waals surface area contributed by atoms with Crippen LogP contribution >= 0.6 is 0 Å². The second-order valence-electron chi connectivity index (χ2n) is 9.28. The van der Waals surface area contributed by atoms with E-state index in [0.717, 1.165) is 64.2 Å². The van der Waals surface area contributed by atoms with Crippen LogP contribution in [0.4, 0.5) is 0 Å². The molecular weight excluding hydrogens is 400 g/mol. The zero-order valence-electron chi connectivity index (χ0n) is 20.2. The summed E-state index contributed by atoms with van der Waals surface area (Å²) < 4.78 is 0. The quantitative estimate of drug-likeness (QED) is 0.422. The smallest absolute Gasteiger partial charge is 0.226 e. The summed E-state index contributed by atoms with van der Waals surface area (Å²) in [5.74, 6) is 0.562. The highest BCUT2D eigenvalue weighted by Crippen LogP contribution is 2.21. The number of hydrogen-bond donors (Lipinski definition) is 1. The molecule has 2 aliphatic rings. The average Bonchev–Trinajstić information content (AvgIpc) is 2.84. The largest absolute Gasteiger partial charge is 0.343 e. The maximum Gasteiger partial charge on any atom is 0.226 e. The lowest BCUT2D eigenvalue weighted by molar-refractivity contribution is -0.137. The van der Waals surface area contributed by atoms with Gasteiger partial charge in [-0.15, -0.1) is 0 Å². The fraction of sp³-hybridized carbons (Fsp3) is 0.692. The number of rotatable bonds is 11. The first-order valence-electron chi connectivity index (χ1n) is 12.7. The summed E-state index contributed by atoms with van der Waals surface area (Å²) in [6.07, 6.45) is 6.01. The van der Waals surface area contributed by atoms with Crippen LogP contribution in [0.3, 0.4) is 0 Å². The normalized spacial score (nSPS) is 20.2. The van der Waals surface area contributed by atoms with Gasteiger partial charge in [0.05, 0.1) is 12.5 Å². The van der Waals surface area contributed by atoms with Crippen molar-refractivity contribution >= 4 is 11.7 Å². The van der Waals surface area contributed by atoms with Gasteiger partial charge in [0, 0.05) is 44.8 Å². The molecule has 1 amide bonds. The Morgan fingerprint density at radius 3 is 2.34 bits per heavy atom. The van der Waals surface area contributed by atoms with E-state index < -0.39 is 0 Å². The highest BCUT2D eigenvalue weighted by atomic mass is 16.2. The van der Waals surface area contributed by atoms with Crippen molar-refractivity contribution in [2.75, 3.05) is 58.9 Å². The number of nitrogens with one attached hydrogen (secondary N) is 1. The van der Waals surface area contributed by atoms with Crippen molar-refractivity contribution in [1.82, 2.24) is 20.0 Å². The summed E-state index contributed by atoms with van der Waals surface area (Å²) in [5, 5.41) is 3.31. The molecule has 1 aromatic carbocycles. The maximum atomic E-state index is 12.7. The topological polar surface area (TPSA) is 55.9 Å². The van der Waals surface area contributed by atoms with Crippen LogP contribution in [0.5, 0.6) is 0 Å². The number of nitrogens with zero attached hydrogens (tertiary/aromatic N) is 3. The van der Waals surface area contributed by atoms with Gasteiger partial charge in [0.1, 0.15) is 0 Å². The number of Topliss-reactive ketones (excluding diaryl/α,β-unsaturated/α-hetero) is 1. The van der Waals surface area contributed by atoms with Gasteiger partial charge in [-0.25, -0.2) is 0 Å². The molecule has 1 N–H and O–H groups in total. The molecule has 178 valence electrons. The minimum Gasteiger partial charge on any atom is -0.343 e. The third kappa shape index (κ3) is 7.39. The van der Waals surface area contributed by atoms with Gasteiger partial charge >= 0.3 is 0 Å². The van der Waals surface area contributed by atoms with E-state index in [1.54, 1.807) is 0 Å². The van der Waals surface area contributed by atoms with E-state index in [2.05, 4.69) is 41.1 Å². The average molecular weight is 443 g/mol. The van der Waals surface area contributed by atoms with Crippen LogP contribution in [0.15, 0.2) is 24.3 Å². The SMILES string of the molecule is CCN(CC)C(=O)C1CCCN(Cc2ccc(C(=O)CNCCN3CCCCC3)cc2)C1. The summed E-state index contributed by atoms with van der Waals surface area (Å²) in [6, 6.07) is 8.03. The Balaban J connectivity index is 1.41. The van der Waals surface area contributed by atoms with Crippen molar-refractivity contribution in [2.45, 2.75) is 52.5 Å². The molecule has 0 aromatic heterocycles. The first-order valence-corrected chi connectivity index (χ1v) is 12.7. The molecule has 2 saturated heterocycles. The first-order chi connectivity index (χ1) is 15.6. The predicted molar refractivity (Wildman–Crippen MR) is 130 cm³/mol. The zero-order chi connectivity index (χ0) is 22.8.